The molecular weight excluding hydrogens is 321 g/mol. The summed E-state index contributed by atoms with van der Waals surface area (Å²) in [5, 5.41) is 6.61. The molecular formula is C19H16FN3O2. The van der Waals surface area contributed by atoms with Crippen LogP contribution in [0.1, 0.15) is 11.5 Å². The summed E-state index contributed by atoms with van der Waals surface area (Å²) in [7, 11) is 0. The van der Waals surface area contributed by atoms with Gasteiger partial charge in [-0.15, -0.1) is 0 Å². The number of carbonyl (C=O) groups excluding carboxylic acids is 1. The van der Waals surface area contributed by atoms with E-state index in [2.05, 4.69) is 15.5 Å². The first-order valence-electron chi connectivity index (χ1n) is 7.80. The van der Waals surface area contributed by atoms with Crippen molar-refractivity contribution in [2.75, 3.05) is 6.54 Å². The average molecular weight is 337 g/mol. The van der Waals surface area contributed by atoms with Gasteiger partial charge in [-0.05, 0) is 35.9 Å². The molecule has 0 aliphatic carbocycles. The van der Waals surface area contributed by atoms with Crippen LogP contribution in [-0.4, -0.2) is 22.6 Å². The standard InChI is InChI=1S/C19H16FN3O2/c20-16-9-7-15(8-10-16)19-22-18(25-23-19)12-13-21-17(24)11-6-14-4-2-1-3-5-14/h1-11H,12-13H2,(H,21,24). The summed E-state index contributed by atoms with van der Waals surface area (Å²) in [5.74, 6) is 0.290. The topological polar surface area (TPSA) is 68.0 Å². The Hall–Kier alpha value is -3.28. The van der Waals surface area contributed by atoms with E-state index in [0.29, 0.717) is 30.2 Å². The maximum absolute atomic E-state index is 12.9. The monoisotopic (exact) mass is 337 g/mol. The van der Waals surface area contributed by atoms with Crippen LogP contribution in [0.2, 0.25) is 0 Å². The predicted octanol–water partition coefficient (Wildman–Crippen LogP) is 3.25. The third-order valence-electron chi connectivity index (χ3n) is 3.44. The van der Waals surface area contributed by atoms with Gasteiger partial charge in [0.2, 0.25) is 17.6 Å². The van der Waals surface area contributed by atoms with Crippen molar-refractivity contribution < 1.29 is 13.7 Å². The van der Waals surface area contributed by atoms with Crippen molar-refractivity contribution in [1.82, 2.24) is 15.5 Å². The van der Waals surface area contributed by atoms with Gasteiger partial charge in [0.15, 0.2) is 0 Å². The van der Waals surface area contributed by atoms with E-state index in [9.17, 15) is 9.18 Å². The lowest BCUT2D eigenvalue weighted by Gasteiger charge is -1.98. The minimum Gasteiger partial charge on any atom is -0.352 e. The summed E-state index contributed by atoms with van der Waals surface area (Å²) < 4.78 is 18.0. The van der Waals surface area contributed by atoms with Crippen molar-refractivity contribution in [2.24, 2.45) is 0 Å². The Labute approximate surface area is 144 Å². The van der Waals surface area contributed by atoms with Gasteiger partial charge in [0, 0.05) is 24.6 Å². The van der Waals surface area contributed by atoms with Crippen molar-refractivity contribution in [2.45, 2.75) is 6.42 Å². The zero-order valence-electron chi connectivity index (χ0n) is 13.4. The first-order valence-corrected chi connectivity index (χ1v) is 7.80. The van der Waals surface area contributed by atoms with Crippen molar-refractivity contribution in [3.8, 4) is 11.4 Å². The second kappa shape index (κ2) is 8.01. The van der Waals surface area contributed by atoms with Crippen molar-refractivity contribution in [3.63, 3.8) is 0 Å². The van der Waals surface area contributed by atoms with E-state index in [1.807, 2.05) is 30.3 Å². The number of halogens is 1. The highest BCUT2D eigenvalue weighted by molar-refractivity contribution is 5.91. The lowest BCUT2D eigenvalue weighted by atomic mass is 10.2. The smallest absolute Gasteiger partial charge is 0.244 e. The first-order chi connectivity index (χ1) is 12.2. The molecule has 0 fully saturated rings. The second-order valence-electron chi connectivity index (χ2n) is 5.30. The van der Waals surface area contributed by atoms with Gasteiger partial charge in [0.1, 0.15) is 5.82 Å². The van der Waals surface area contributed by atoms with E-state index in [1.54, 1.807) is 18.2 Å². The molecule has 3 aromatic rings. The van der Waals surface area contributed by atoms with Gasteiger partial charge < -0.3 is 9.84 Å². The van der Waals surface area contributed by atoms with E-state index in [1.165, 1.54) is 18.2 Å². The number of nitrogens with one attached hydrogen (secondary N) is 1. The van der Waals surface area contributed by atoms with E-state index in [-0.39, 0.29) is 11.7 Å². The van der Waals surface area contributed by atoms with E-state index in [4.69, 9.17) is 4.52 Å². The Morgan fingerprint density at radius 2 is 1.88 bits per heavy atom. The van der Waals surface area contributed by atoms with E-state index >= 15 is 0 Å². The number of hydrogen-bond donors (Lipinski definition) is 1. The van der Waals surface area contributed by atoms with Gasteiger partial charge in [-0.1, -0.05) is 35.5 Å². The van der Waals surface area contributed by atoms with Crippen LogP contribution in [0.3, 0.4) is 0 Å². The molecule has 5 nitrogen and oxygen atoms in total. The van der Waals surface area contributed by atoms with Crippen LogP contribution in [0.15, 0.2) is 65.2 Å². The molecule has 0 unspecified atom stereocenters. The Morgan fingerprint density at radius 3 is 2.64 bits per heavy atom. The number of hydrogen-bond acceptors (Lipinski definition) is 4. The van der Waals surface area contributed by atoms with Gasteiger partial charge >= 0.3 is 0 Å². The normalized spacial score (nSPS) is 10.9. The largest absolute Gasteiger partial charge is 0.352 e. The third-order valence-corrected chi connectivity index (χ3v) is 3.44. The predicted molar refractivity (Wildman–Crippen MR) is 91.9 cm³/mol. The summed E-state index contributed by atoms with van der Waals surface area (Å²) in [6.45, 7) is 0.378. The summed E-state index contributed by atoms with van der Waals surface area (Å²) in [4.78, 5) is 16.0. The van der Waals surface area contributed by atoms with Crippen molar-refractivity contribution in [3.05, 3.63) is 77.9 Å². The average Bonchev–Trinajstić information content (AvgIpc) is 3.10. The first kappa shape index (κ1) is 16.6. The highest BCUT2D eigenvalue weighted by Gasteiger charge is 2.08. The Kier molecular flexibility index (Phi) is 5.31. The maximum atomic E-state index is 12.9. The maximum Gasteiger partial charge on any atom is 0.244 e. The quantitative estimate of drug-likeness (QED) is 0.701. The molecule has 1 heterocycles. The molecule has 2 aromatic carbocycles. The number of amides is 1. The van der Waals surface area contributed by atoms with Crippen molar-refractivity contribution in [1.29, 1.82) is 0 Å². The number of carbonyl (C=O) groups is 1. The molecule has 1 aromatic heterocycles. The molecule has 3 rings (SSSR count). The summed E-state index contributed by atoms with van der Waals surface area (Å²) >= 11 is 0. The molecule has 126 valence electrons. The van der Waals surface area contributed by atoms with E-state index in [0.717, 1.165) is 5.56 Å². The Morgan fingerprint density at radius 1 is 1.12 bits per heavy atom. The zero-order valence-corrected chi connectivity index (χ0v) is 13.4. The van der Waals surface area contributed by atoms with Crippen LogP contribution >= 0.6 is 0 Å². The molecule has 0 aliphatic heterocycles. The minimum atomic E-state index is -0.321. The number of rotatable bonds is 6. The van der Waals surface area contributed by atoms with Gasteiger partial charge in [-0.2, -0.15) is 4.98 Å². The van der Waals surface area contributed by atoms with Gasteiger partial charge in [-0.25, -0.2) is 4.39 Å². The molecule has 0 spiro atoms. The van der Waals surface area contributed by atoms with Crippen LogP contribution < -0.4 is 5.32 Å². The molecule has 0 radical (unpaired) electrons. The lowest BCUT2D eigenvalue weighted by Crippen LogP contribution is -2.23. The number of aromatic nitrogens is 2. The molecule has 0 saturated carbocycles. The number of nitrogens with zero attached hydrogens (tertiary/aromatic N) is 2. The molecule has 0 bridgehead atoms. The van der Waals surface area contributed by atoms with Crippen LogP contribution in [0.4, 0.5) is 4.39 Å². The SMILES string of the molecule is O=C(C=Cc1ccccc1)NCCc1nc(-c2ccc(F)cc2)no1. The summed E-state index contributed by atoms with van der Waals surface area (Å²) in [5.41, 5.74) is 1.63. The summed E-state index contributed by atoms with van der Waals surface area (Å²) in [6, 6.07) is 15.4. The van der Waals surface area contributed by atoms with Crippen LogP contribution in [0, 0.1) is 5.82 Å². The molecule has 1 amide bonds. The number of benzene rings is 2. The fourth-order valence-electron chi connectivity index (χ4n) is 2.16. The second-order valence-corrected chi connectivity index (χ2v) is 5.30. The van der Waals surface area contributed by atoms with Crippen LogP contribution in [0.5, 0.6) is 0 Å². The van der Waals surface area contributed by atoms with E-state index < -0.39 is 0 Å². The van der Waals surface area contributed by atoms with Gasteiger partial charge in [-0.3, -0.25) is 4.79 Å². The molecule has 6 heteroatoms. The molecule has 25 heavy (non-hydrogen) atoms. The zero-order chi connectivity index (χ0) is 17.5. The molecule has 1 N–H and O–H groups in total. The minimum absolute atomic E-state index is 0.192. The Balaban J connectivity index is 1.48. The molecule has 0 aliphatic rings. The van der Waals surface area contributed by atoms with Crippen molar-refractivity contribution >= 4 is 12.0 Å². The summed E-state index contributed by atoms with van der Waals surface area (Å²) in [6.07, 6.45) is 3.64. The highest BCUT2D eigenvalue weighted by Crippen LogP contribution is 2.16. The third kappa shape index (κ3) is 4.84. The lowest BCUT2D eigenvalue weighted by molar-refractivity contribution is -0.116. The molecule has 0 saturated heterocycles. The molecule has 0 atom stereocenters. The fourth-order valence-corrected chi connectivity index (χ4v) is 2.16. The van der Waals surface area contributed by atoms with Crippen LogP contribution in [0.25, 0.3) is 17.5 Å². The Bertz CT molecular complexity index is 858. The van der Waals surface area contributed by atoms with Crippen LogP contribution in [-0.2, 0) is 11.2 Å². The fraction of sp³-hybridized carbons (Fsp3) is 0.105. The van der Waals surface area contributed by atoms with Gasteiger partial charge in [0.05, 0.1) is 0 Å². The van der Waals surface area contributed by atoms with Gasteiger partial charge in [0.25, 0.3) is 0 Å². The highest BCUT2D eigenvalue weighted by atomic mass is 19.1.